The first kappa shape index (κ1) is 15.6. The van der Waals surface area contributed by atoms with Crippen LogP contribution in [-0.4, -0.2) is 29.4 Å². The number of non-ortho nitro benzene ring substituents is 1. The first-order valence-electron chi connectivity index (χ1n) is 6.11. The van der Waals surface area contributed by atoms with E-state index in [1.54, 1.807) is 19.1 Å². The van der Waals surface area contributed by atoms with Crippen molar-refractivity contribution in [2.75, 3.05) is 6.61 Å². The van der Waals surface area contributed by atoms with Gasteiger partial charge in [-0.1, -0.05) is 12.1 Å². The monoisotopic (exact) mass is 280 g/mol. The van der Waals surface area contributed by atoms with Crippen LogP contribution < -0.4 is 5.32 Å². The summed E-state index contributed by atoms with van der Waals surface area (Å²) in [5.41, 5.74) is 0.670. The summed E-state index contributed by atoms with van der Waals surface area (Å²) in [6.07, 6.45) is 0.219. The van der Waals surface area contributed by atoms with Crippen LogP contribution in [0.5, 0.6) is 0 Å². The highest BCUT2D eigenvalue weighted by molar-refractivity contribution is 5.83. The molecule has 0 aromatic heterocycles. The molecule has 7 heteroatoms. The Bertz CT molecular complexity index is 498. The molecule has 0 saturated heterocycles. The number of nitro benzene ring substituents is 1. The molecule has 0 bridgehead atoms. The molecule has 0 fully saturated rings. The number of ether oxygens (including phenoxy) is 1. The summed E-state index contributed by atoms with van der Waals surface area (Å²) in [7, 11) is 0. The summed E-state index contributed by atoms with van der Waals surface area (Å²) >= 11 is 0. The molecule has 1 aromatic carbocycles. The van der Waals surface area contributed by atoms with Crippen LogP contribution >= 0.6 is 0 Å². The van der Waals surface area contributed by atoms with Crippen LogP contribution in [-0.2, 0) is 20.7 Å². The van der Waals surface area contributed by atoms with Gasteiger partial charge in [0.2, 0.25) is 5.91 Å². The van der Waals surface area contributed by atoms with E-state index in [4.69, 9.17) is 4.74 Å². The quantitative estimate of drug-likeness (QED) is 0.479. The molecule has 0 aliphatic rings. The lowest BCUT2D eigenvalue weighted by Gasteiger charge is -2.16. The second-order valence-electron chi connectivity index (χ2n) is 4.13. The predicted molar refractivity (Wildman–Crippen MR) is 71.0 cm³/mol. The van der Waals surface area contributed by atoms with Crippen molar-refractivity contribution in [2.45, 2.75) is 26.3 Å². The standard InChI is InChI=1S/C13H16N2O5/c1-3-20-13(17)12(14-9(2)16)8-10-4-6-11(7-5-10)15(18)19/h4-7,12H,3,8H2,1-2H3,(H,14,16). The average molecular weight is 280 g/mol. The Labute approximate surface area is 116 Å². The van der Waals surface area contributed by atoms with Crippen molar-refractivity contribution in [1.82, 2.24) is 5.32 Å². The van der Waals surface area contributed by atoms with E-state index in [1.807, 2.05) is 0 Å². The van der Waals surface area contributed by atoms with E-state index in [1.165, 1.54) is 19.1 Å². The van der Waals surface area contributed by atoms with Gasteiger partial charge in [-0.05, 0) is 12.5 Å². The van der Waals surface area contributed by atoms with Gasteiger partial charge in [-0.15, -0.1) is 0 Å². The van der Waals surface area contributed by atoms with Gasteiger partial charge in [-0.2, -0.15) is 0 Å². The molecule has 0 radical (unpaired) electrons. The highest BCUT2D eigenvalue weighted by atomic mass is 16.6. The number of hydrogen-bond acceptors (Lipinski definition) is 5. The molecule has 0 heterocycles. The van der Waals surface area contributed by atoms with Gasteiger partial charge >= 0.3 is 5.97 Å². The molecule has 1 rings (SSSR count). The second-order valence-corrected chi connectivity index (χ2v) is 4.13. The van der Waals surface area contributed by atoms with Crippen molar-refractivity contribution in [2.24, 2.45) is 0 Å². The number of nitro groups is 1. The minimum absolute atomic E-state index is 0.0269. The first-order valence-corrected chi connectivity index (χ1v) is 6.11. The third-order valence-electron chi connectivity index (χ3n) is 2.54. The highest BCUT2D eigenvalue weighted by Gasteiger charge is 2.21. The summed E-state index contributed by atoms with van der Waals surface area (Å²) in [5.74, 6) is -0.869. The molecule has 0 saturated carbocycles. The van der Waals surface area contributed by atoms with Crippen molar-refractivity contribution in [3.63, 3.8) is 0 Å². The number of benzene rings is 1. The largest absolute Gasteiger partial charge is 0.464 e. The van der Waals surface area contributed by atoms with Crippen molar-refractivity contribution in [3.8, 4) is 0 Å². The summed E-state index contributed by atoms with van der Waals surface area (Å²) < 4.78 is 4.88. The number of rotatable bonds is 6. The van der Waals surface area contributed by atoms with Crippen LogP contribution in [0.3, 0.4) is 0 Å². The molecule has 1 amide bonds. The number of carbonyl (C=O) groups excluding carboxylic acids is 2. The third kappa shape index (κ3) is 4.68. The summed E-state index contributed by atoms with van der Waals surface area (Å²) in [5, 5.41) is 13.1. The zero-order valence-corrected chi connectivity index (χ0v) is 11.3. The van der Waals surface area contributed by atoms with Gasteiger partial charge in [-0.25, -0.2) is 4.79 Å². The molecule has 1 N–H and O–H groups in total. The molecule has 1 atom stereocenters. The second kappa shape index (κ2) is 7.22. The number of hydrogen-bond donors (Lipinski definition) is 1. The molecule has 0 aliphatic carbocycles. The number of nitrogens with zero attached hydrogens (tertiary/aromatic N) is 1. The lowest BCUT2D eigenvalue weighted by atomic mass is 10.1. The van der Waals surface area contributed by atoms with E-state index < -0.39 is 16.9 Å². The van der Waals surface area contributed by atoms with E-state index in [-0.39, 0.29) is 24.6 Å². The Balaban J connectivity index is 2.80. The maximum Gasteiger partial charge on any atom is 0.328 e. The average Bonchev–Trinajstić information content (AvgIpc) is 2.38. The minimum Gasteiger partial charge on any atom is -0.464 e. The van der Waals surface area contributed by atoms with Gasteiger partial charge in [0.1, 0.15) is 6.04 Å². The minimum atomic E-state index is -0.797. The van der Waals surface area contributed by atoms with E-state index in [0.29, 0.717) is 5.56 Å². The van der Waals surface area contributed by atoms with Gasteiger partial charge in [0.25, 0.3) is 5.69 Å². The molecule has 20 heavy (non-hydrogen) atoms. The molecule has 108 valence electrons. The van der Waals surface area contributed by atoms with Gasteiger partial charge in [0.15, 0.2) is 0 Å². The van der Waals surface area contributed by atoms with Crippen LogP contribution in [0.1, 0.15) is 19.4 Å². The zero-order chi connectivity index (χ0) is 15.1. The number of carbonyl (C=O) groups is 2. The SMILES string of the molecule is CCOC(=O)C(Cc1ccc([N+](=O)[O-])cc1)NC(C)=O. The van der Waals surface area contributed by atoms with Gasteiger partial charge in [-0.3, -0.25) is 14.9 Å². The molecular weight excluding hydrogens is 264 g/mol. The fraction of sp³-hybridized carbons (Fsp3) is 0.385. The lowest BCUT2D eigenvalue weighted by molar-refractivity contribution is -0.384. The van der Waals surface area contributed by atoms with Crippen LogP contribution in [0, 0.1) is 10.1 Å². The molecule has 1 unspecified atom stereocenters. The highest BCUT2D eigenvalue weighted by Crippen LogP contribution is 2.13. The topological polar surface area (TPSA) is 98.5 Å². The van der Waals surface area contributed by atoms with E-state index >= 15 is 0 Å². The number of nitrogens with one attached hydrogen (secondary N) is 1. The molecular formula is C13H16N2O5. The summed E-state index contributed by atoms with van der Waals surface area (Å²) in [4.78, 5) is 32.8. The Hall–Kier alpha value is -2.44. The third-order valence-corrected chi connectivity index (χ3v) is 2.54. The van der Waals surface area contributed by atoms with Gasteiger partial charge < -0.3 is 10.1 Å². The fourth-order valence-electron chi connectivity index (χ4n) is 1.67. The number of amides is 1. The van der Waals surface area contributed by atoms with Crippen LogP contribution in [0.4, 0.5) is 5.69 Å². The molecule has 0 spiro atoms. The van der Waals surface area contributed by atoms with Gasteiger partial charge in [0, 0.05) is 25.5 Å². The maximum atomic E-state index is 11.7. The maximum absolute atomic E-state index is 11.7. The summed E-state index contributed by atoms with van der Waals surface area (Å²) in [6, 6.07) is 5.00. The van der Waals surface area contributed by atoms with Crippen molar-refractivity contribution in [3.05, 3.63) is 39.9 Å². The Morgan fingerprint density at radius 3 is 2.40 bits per heavy atom. The van der Waals surface area contributed by atoms with Crippen molar-refractivity contribution >= 4 is 17.6 Å². The fourth-order valence-corrected chi connectivity index (χ4v) is 1.67. The van der Waals surface area contributed by atoms with Crippen LogP contribution in [0.15, 0.2) is 24.3 Å². The Morgan fingerprint density at radius 1 is 1.35 bits per heavy atom. The summed E-state index contributed by atoms with van der Waals surface area (Å²) in [6.45, 7) is 3.20. The lowest BCUT2D eigenvalue weighted by Crippen LogP contribution is -2.42. The molecule has 0 aliphatic heterocycles. The van der Waals surface area contributed by atoms with Gasteiger partial charge in [0.05, 0.1) is 11.5 Å². The Morgan fingerprint density at radius 2 is 1.95 bits per heavy atom. The normalized spacial score (nSPS) is 11.5. The van der Waals surface area contributed by atoms with Crippen molar-refractivity contribution < 1.29 is 19.2 Å². The smallest absolute Gasteiger partial charge is 0.328 e. The zero-order valence-electron chi connectivity index (χ0n) is 11.3. The van der Waals surface area contributed by atoms with Crippen LogP contribution in [0.25, 0.3) is 0 Å². The predicted octanol–water partition coefficient (Wildman–Crippen LogP) is 1.21. The number of esters is 1. The van der Waals surface area contributed by atoms with E-state index in [2.05, 4.69) is 5.32 Å². The molecule has 7 nitrogen and oxygen atoms in total. The van der Waals surface area contributed by atoms with Crippen LogP contribution in [0.2, 0.25) is 0 Å². The van der Waals surface area contributed by atoms with E-state index in [0.717, 1.165) is 0 Å². The van der Waals surface area contributed by atoms with E-state index in [9.17, 15) is 19.7 Å². The Kier molecular flexibility index (Phi) is 5.64. The first-order chi connectivity index (χ1) is 9.43. The van der Waals surface area contributed by atoms with Crippen molar-refractivity contribution in [1.29, 1.82) is 0 Å². The molecule has 1 aromatic rings.